The van der Waals surface area contributed by atoms with E-state index >= 15 is 0 Å². The van der Waals surface area contributed by atoms with Gasteiger partial charge in [-0.05, 0) is 0 Å². The molecule has 2 aromatic rings. The average Bonchev–Trinajstić information content (AvgIpc) is 2.87. The topological polar surface area (TPSA) is 81.6 Å². The molecule has 0 radical (unpaired) electrons. The summed E-state index contributed by atoms with van der Waals surface area (Å²) >= 11 is 0. The number of anilines is 1. The van der Waals surface area contributed by atoms with Crippen LogP contribution in [0.4, 0.5) is 19.0 Å². The van der Waals surface area contributed by atoms with Crippen LogP contribution in [0.1, 0.15) is 18.3 Å². The van der Waals surface area contributed by atoms with E-state index in [1.54, 1.807) is 0 Å². The molecular weight excluding hydrogens is 261 g/mol. The summed E-state index contributed by atoms with van der Waals surface area (Å²) in [6.07, 6.45) is -2.31. The number of nitrogens with zero attached hydrogens (tertiary/aromatic N) is 4. The molecule has 0 amide bonds. The van der Waals surface area contributed by atoms with Crippen molar-refractivity contribution < 1.29 is 13.2 Å². The molecule has 3 N–H and O–H groups in total. The summed E-state index contributed by atoms with van der Waals surface area (Å²) in [6.45, 7) is 1.82. The number of halogens is 3. The second kappa shape index (κ2) is 4.84. The van der Waals surface area contributed by atoms with Crippen LogP contribution in [-0.2, 0) is 12.6 Å². The lowest BCUT2D eigenvalue weighted by atomic mass is 10.3. The van der Waals surface area contributed by atoms with E-state index in [1.807, 2.05) is 6.92 Å². The van der Waals surface area contributed by atoms with Crippen LogP contribution >= 0.6 is 0 Å². The Hall–Kier alpha value is -2.16. The first kappa shape index (κ1) is 13.3. The fraction of sp³-hybridized carbons (Fsp3) is 0.300. The van der Waals surface area contributed by atoms with Crippen molar-refractivity contribution in [3.05, 3.63) is 29.8 Å². The number of alkyl halides is 3. The van der Waals surface area contributed by atoms with E-state index in [2.05, 4.69) is 20.5 Å². The Morgan fingerprint density at radius 1 is 1.37 bits per heavy atom. The van der Waals surface area contributed by atoms with Gasteiger partial charge >= 0.3 is 6.18 Å². The number of hydrogen-bond acceptors (Lipinski definition) is 5. The first-order valence-corrected chi connectivity index (χ1v) is 5.41. The number of nitrogens with two attached hydrogens (primary N) is 1. The molecule has 0 saturated heterocycles. The molecule has 9 heteroatoms. The van der Waals surface area contributed by atoms with Crippen LogP contribution in [0.2, 0.25) is 0 Å². The van der Waals surface area contributed by atoms with Gasteiger partial charge in [-0.1, -0.05) is 6.92 Å². The molecule has 0 aliphatic carbocycles. The lowest BCUT2D eigenvalue weighted by Gasteiger charge is -2.06. The summed E-state index contributed by atoms with van der Waals surface area (Å²) < 4.78 is 38.5. The molecule has 0 fully saturated rings. The van der Waals surface area contributed by atoms with Gasteiger partial charge in [-0.25, -0.2) is 20.5 Å². The van der Waals surface area contributed by atoms with E-state index in [0.29, 0.717) is 18.1 Å². The Kier molecular flexibility index (Phi) is 3.38. The van der Waals surface area contributed by atoms with Gasteiger partial charge in [-0.3, -0.25) is 0 Å². The van der Waals surface area contributed by atoms with Crippen molar-refractivity contribution in [3.63, 3.8) is 0 Å². The van der Waals surface area contributed by atoms with Crippen LogP contribution in [0.3, 0.4) is 0 Å². The van der Waals surface area contributed by atoms with Gasteiger partial charge in [0, 0.05) is 18.7 Å². The molecule has 2 aromatic heterocycles. The van der Waals surface area contributed by atoms with E-state index in [0.717, 1.165) is 17.1 Å². The zero-order valence-electron chi connectivity index (χ0n) is 9.94. The smallest absolute Gasteiger partial charge is 0.308 e. The molecule has 0 aliphatic rings. The van der Waals surface area contributed by atoms with Crippen molar-refractivity contribution >= 4 is 5.82 Å². The average molecular weight is 272 g/mol. The van der Waals surface area contributed by atoms with Crippen LogP contribution in [-0.4, -0.2) is 19.7 Å². The summed E-state index contributed by atoms with van der Waals surface area (Å²) in [5.41, 5.74) is 1.49. The predicted octanol–water partition coefficient (Wildman–Crippen LogP) is 1.53. The molecule has 102 valence electrons. The minimum Gasteiger partial charge on any atom is -0.308 e. The molecule has 0 spiro atoms. The summed E-state index contributed by atoms with van der Waals surface area (Å²) in [5, 5.41) is 3.64. The summed E-state index contributed by atoms with van der Waals surface area (Å²) in [7, 11) is 0. The second-order valence-corrected chi connectivity index (χ2v) is 3.70. The third-order valence-electron chi connectivity index (χ3n) is 2.37. The minimum atomic E-state index is -4.44. The fourth-order valence-corrected chi connectivity index (χ4v) is 1.43. The first-order valence-electron chi connectivity index (χ1n) is 5.41. The lowest BCUT2D eigenvalue weighted by molar-refractivity contribution is -0.137. The van der Waals surface area contributed by atoms with Crippen molar-refractivity contribution in [2.75, 3.05) is 5.43 Å². The van der Waals surface area contributed by atoms with E-state index in [1.165, 1.54) is 6.07 Å². The highest BCUT2D eigenvalue weighted by atomic mass is 19.4. The Labute approximate surface area is 106 Å². The van der Waals surface area contributed by atoms with Crippen LogP contribution in [0.5, 0.6) is 0 Å². The Balaban J connectivity index is 2.43. The van der Waals surface area contributed by atoms with Gasteiger partial charge < -0.3 is 5.43 Å². The van der Waals surface area contributed by atoms with E-state index in [9.17, 15) is 13.2 Å². The maximum atomic E-state index is 12.5. The number of hydrazine groups is 1. The van der Waals surface area contributed by atoms with Gasteiger partial charge in [0.25, 0.3) is 0 Å². The fourth-order valence-electron chi connectivity index (χ4n) is 1.43. The maximum absolute atomic E-state index is 12.5. The standard InChI is InChI=1S/C10H11F3N6/c1-2-7-16-8(18-14)3-9(17-7)19-5-6(4-15-19)10(11,12)13/h3-5H,2,14H2,1H3,(H,16,17,18). The highest BCUT2D eigenvalue weighted by Crippen LogP contribution is 2.29. The Bertz CT molecular complexity index is 555. The Morgan fingerprint density at radius 3 is 2.63 bits per heavy atom. The van der Waals surface area contributed by atoms with Crippen molar-refractivity contribution in [1.82, 2.24) is 19.7 Å². The van der Waals surface area contributed by atoms with Crippen LogP contribution in [0, 0.1) is 0 Å². The molecule has 19 heavy (non-hydrogen) atoms. The van der Waals surface area contributed by atoms with Gasteiger partial charge in [0.05, 0.1) is 11.8 Å². The molecule has 0 aromatic carbocycles. The lowest BCUT2D eigenvalue weighted by Crippen LogP contribution is -2.12. The number of nitrogen functional groups attached to an aromatic ring is 1. The monoisotopic (exact) mass is 272 g/mol. The summed E-state index contributed by atoms with van der Waals surface area (Å²) in [5.74, 6) is 6.23. The van der Waals surface area contributed by atoms with Gasteiger partial charge in [-0.2, -0.15) is 18.3 Å². The molecule has 0 aliphatic heterocycles. The largest absolute Gasteiger partial charge is 0.419 e. The van der Waals surface area contributed by atoms with Crippen molar-refractivity contribution in [1.29, 1.82) is 0 Å². The van der Waals surface area contributed by atoms with Gasteiger partial charge in [0.1, 0.15) is 11.6 Å². The van der Waals surface area contributed by atoms with Crippen molar-refractivity contribution in [2.45, 2.75) is 19.5 Å². The maximum Gasteiger partial charge on any atom is 0.419 e. The zero-order valence-corrected chi connectivity index (χ0v) is 9.94. The van der Waals surface area contributed by atoms with Crippen LogP contribution in [0.25, 0.3) is 5.82 Å². The summed E-state index contributed by atoms with van der Waals surface area (Å²) in [4.78, 5) is 8.13. The number of rotatable bonds is 3. The van der Waals surface area contributed by atoms with Gasteiger partial charge in [0.2, 0.25) is 0 Å². The normalized spacial score (nSPS) is 11.6. The third kappa shape index (κ3) is 2.81. The molecule has 0 atom stereocenters. The van der Waals surface area contributed by atoms with E-state index in [4.69, 9.17) is 5.84 Å². The molecule has 0 saturated carbocycles. The third-order valence-corrected chi connectivity index (χ3v) is 2.37. The first-order chi connectivity index (χ1) is 8.94. The number of nitrogens with one attached hydrogen (secondary N) is 1. The zero-order chi connectivity index (χ0) is 14.0. The molecule has 6 nitrogen and oxygen atoms in total. The molecular formula is C10H11F3N6. The summed E-state index contributed by atoms with van der Waals surface area (Å²) in [6, 6.07) is 1.41. The van der Waals surface area contributed by atoms with E-state index < -0.39 is 11.7 Å². The van der Waals surface area contributed by atoms with Gasteiger partial charge in [-0.15, -0.1) is 0 Å². The number of aromatic nitrogens is 4. The SMILES string of the molecule is CCc1nc(NN)cc(-n2cc(C(F)(F)F)cn2)n1. The molecule has 2 heterocycles. The second-order valence-electron chi connectivity index (χ2n) is 3.70. The molecule has 2 rings (SSSR count). The Morgan fingerprint density at radius 2 is 2.11 bits per heavy atom. The van der Waals surface area contributed by atoms with Crippen LogP contribution in [0.15, 0.2) is 18.5 Å². The highest BCUT2D eigenvalue weighted by molar-refractivity contribution is 5.40. The van der Waals surface area contributed by atoms with E-state index in [-0.39, 0.29) is 5.82 Å². The minimum absolute atomic E-state index is 0.218. The number of hydrogen-bond donors (Lipinski definition) is 2. The van der Waals surface area contributed by atoms with Crippen LogP contribution < -0.4 is 11.3 Å². The highest BCUT2D eigenvalue weighted by Gasteiger charge is 2.32. The van der Waals surface area contributed by atoms with Crippen molar-refractivity contribution in [3.8, 4) is 5.82 Å². The number of aryl methyl sites for hydroxylation is 1. The van der Waals surface area contributed by atoms with Crippen molar-refractivity contribution in [2.24, 2.45) is 5.84 Å². The predicted molar refractivity (Wildman–Crippen MR) is 61.3 cm³/mol. The quantitative estimate of drug-likeness (QED) is 0.654. The molecule has 0 unspecified atom stereocenters. The molecule has 0 bridgehead atoms. The van der Waals surface area contributed by atoms with Gasteiger partial charge in [0.15, 0.2) is 5.82 Å².